The molecule has 1 N–H and O–H groups in total. The Morgan fingerprint density at radius 3 is 2.59 bits per heavy atom. The zero-order valence-electron chi connectivity index (χ0n) is 12.7. The number of allylic oxidation sites excluding steroid dienone is 1. The monoisotopic (exact) mass is 311 g/mol. The Morgan fingerprint density at radius 2 is 1.86 bits per heavy atom. The van der Waals surface area contributed by atoms with Crippen molar-refractivity contribution in [2.45, 2.75) is 25.8 Å². The molecule has 0 amide bonds. The molecule has 1 heterocycles. The van der Waals surface area contributed by atoms with Crippen molar-refractivity contribution in [3.05, 3.63) is 76.3 Å². The van der Waals surface area contributed by atoms with E-state index in [1.165, 1.54) is 5.56 Å². The van der Waals surface area contributed by atoms with Crippen LogP contribution in [0.5, 0.6) is 0 Å². The van der Waals surface area contributed by atoms with Crippen LogP contribution in [0.1, 0.15) is 35.3 Å². The highest BCUT2D eigenvalue weighted by molar-refractivity contribution is 6.32. The lowest BCUT2D eigenvalue weighted by Gasteiger charge is -2.36. The summed E-state index contributed by atoms with van der Waals surface area (Å²) in [6, 6.07) is 15.2. The van der Waals surface area contributed by atoms with Gasteiger partial charge in [-0.3, -0.25) is 4.79 Å². The largest absolute Gasteiger partial charge is 0.379 e. The highest BCUT2D eigenvalue weighted by Crippen LogP contribution is 2.34. The van der Waals surface area contributed by atoms with E-state index in [1.54, 1.807) is 6.08 Å². The number of benzene rings is 2. The third-order valence-electron chi connectivity index (χ3n) is 3.81. The molecule has 3 rings (SSSR count). The molecule has 0 saturated heterocycles. The summed E-state index contributed by atoms with van der Waals surface area (Å²) < 4.78 is 0. The molecule has 0 fully saturated rings. The highest BCUT2D eigenvalue weighted by Gasteiger charge is 2.29. The molecule has 3 heteroatoms. The molecule has 1 aliphatic heterocycles. The highest BCUT2D eigenvalue weighted by atomic mass is 35.5. The van der Waals surface area contributed by atoms with Gasteiger partial charge in [-0.2, -0.15) is 0 Å². The second-order valence-electron chi connectivity index (χ2n) is 6.25. The van der Waals surface area contributed by atoms with Crippen molar-refractivity contribution < 1.29 is 4.79 Å². The van der Waals surface area contributed by atoms with Gasteiger partial charge in [0.15, 0.2) is 5.78 Å². The SMILES string of the molecule is CC1(C)Cc2cccc(Cl)c2/C(=C/C(=O)c2ccccc2)N1. The lowest BCUT2D eigenvalue weighted by molar-refractivity contribution is 0.104. The van der Waals surface area contributed by atoms with Crippen LogP contribution in [0.3, 0.4) is 0 Å². The van der Waals surface area contributed by atoms with Gasteiger partial charge in [-0.25, -0.2) is 0 Å². The van der Waals surface area contributed by atoms with E-state index in [0.29, 0.717) is 10.6 Å². The van der Waals surface area contributed by atoms with Gasteiger partial charge in [0.05, 0.1) is 5.02 Å². The van der Waals surface area contributed by atoms with Crippen molar-refractivity contribution in [3.63, 3.8) is 0 Å². The minimum absolute atomic E-state index is 0.0216. The normalized spacial score (nSPS) is 17.7. The third-order valence-corrected chi connectivity index (χ3v) is 4.12. The average Bonchev–Trinajstić information content (AvgIpc) is 2.46. The van der Waals surface area contributed by atoms with Gasteiger partial charge in [0.25, 0.3) is 0 Å². The third kappa shape index (κ3) is 2.93. The zero-order chi connectivity index (χ0) is 15.7. The first-order chi connectivity index (χ1) is 10.5. The summed E-state index contributed by atoms with van der Waals surface area (Å²) in [7, 11) is 0. The van der Waals surface area contributed by atoms with Crippen molar-refractivity contribution >= 4 is 23.1 Å². The number of fused-ring (bicyclic) bond motifs is 1. The summed E-state index contributed by atoms with van der Waals surface area (Å²) in [6.45, 7) is 4.25. The fraction of sp³-hybridized carbons (Fsp3) is 0.211. The van der Waals surface area contributed by atoms with Crippen LogP contribution in [0.2, 0.25) is 5.02 Å². The molecule has 2 aromatic carbocycles. The number of hydrogen-bond acceptors (Lipinski definition) is 2. The Morgan fingerprint density at radius 1 is 1.14 bits per heavy atom. The molecule has 22 heavy (non-hydrogen) atoms. The van der Waals surface area contributed by atoms with E-state index in [2.05, 4.69) is 25.2 Å². The summed E-state index contributed by atoms with van der Waals surface area (Å²) in [5.74, 6) is -0.0216. The number of hydrogen-bond donors (Lipinski definition) is 1. The predicted octanol–water partition coefficient (Wildman–Crippen LogP) is 4.49. The van der Waals surface area contributed by atoms with E-state index in [1.807, 2.05) is 42.5 Å². The average molecular weight is 312 g/mol. The maximum Gasteiger partial charge on any atom is 0.187 e. The predicted molar refractivity (Wildman–Crippen MR) is 91.1 cm³/mol. The second kappa shape index (κ2) is 5.62. The van der Waals surface area contributed by atoms with Gasteiger partial charge < -0.3 is 5.32 Å². The summed E-state index contributed by atoms with van der Waals surface area (Å²) in [6.07, 6.45) is 2.53. The molecule has 0 saturated carbocycles. The van der Waals surface area contributed by atoms with E-state index in [9.17, 15) is 4.79 Å². The van der Waals surface area contributed by atoms with Crippen LogP contribution in [0.25, 0.3) is 5.70 Å². The number of carbonyl (C=O) groups excluding carboxylic acids is 1. The van der Waals surface area contributed by atoms with Gasteiger partial charge in [-0.05, 0) is 31.9 Å². The molecule has 2 aromatic rings. The molecule has 0 radical (unpaired) electrons. The summed E-state index contributed by atoms with van der Waals surface area (Å²) in [5.41, 5.74) is 3.47. The Hall–Kier alpha value is -2.06. The second-order valence-corrected chi connectivity index (χ2v) is 6.66. The van der Waals surface area contributed by atoms with Crippen LogP contribution >= 0.6 is 11.6 Å². The topological polar surface area (TPSA) is 29.1 Å². The fourth-order valence-electron chi connectivity index (χ4n) is 2.89. The number of carbonyl (C=O) groups is 1. The van der Waals surface area contributed by atoms with Crippen LogP contribution in [-0.2, 0) is 6.42 Å². The number of nitrogens with one attached hydrogen (secondary N) is 1. The summed E-state index contributed by atoms with van der Waals surface area (Å²) in [5, 5.41) is 4.12. The zero-order valence-corrected chi connectivity index (χ0v) is 13.4. The van der Waals surface area contributed by atoms with Crippen molar-refractivity contribution in [2.75, 3.05) is 0 Å². The van der Waals surface area contributed by atoms with Crippen LogP contribution in [0.4, 0.5) is 0 Å². The fourth-order valence-corrected chi connectivity index (χ4v) is 3.19. The Kier molecular flexibility index (Phi) is 3.79. The maximum absolute atomic E-state index is 12.5. The maximum atomic E-state index is 12.5. The molecule has 0 aromatic heterocycles. The Balaban J connectivity index is 2.07. The number of rotatable bonds is 2. The van der Waals surface area contributed by atoms with Gasteiger partial charge in [0.1, 0.15) is 0 Å². The minimum Gasteiger partial charge on any atom is -0.379 e. The van der Waals surface area contributed by atoms with E-state index < -0.39 is 0 Å². The van der Waals surface area contributed by atoms with E-state index in [-0.39, 0.29) is 11.3 Å². The molecule has 0 aliphatic carbocycles. The first-order valence-corrected chi connectivity index (χ1v) is 7.71. The smallest absolute Gasteiger partial charge is 0.187 e. The first kappa shape index (κ1) is 14.9. The van der Waals surface area contributed by atoms with Crippen molar-refractivity contribution in [3.8, 4) is 0 Å². The number of ketones is 1. The summed E-state index contributed by atoms with van der Waals surface area (Å²) in [4.78, 5) is 12.5. The summed E-state index contributed by atoms with van der Waals surface area (Å²) >= 11 is 6.37. The Bertz CT molecular complexity index is 747. The Labute approximate surface area is 135 Å². The molecule has 1 aliphatic rings. The van der Waals surface area contributed by atoms with Gasteiger partial charge in [-0.15, -0.1) is 0 Å². The molecule has 0 atom stereocenters. The van der Waals surface area contributed by atoms with E-state index in [0.717, 1.165) is 17.7 Å². The van der Waals surface area contributed by atoms with Crippen LogP contribution in [0, 0.1) is 0 Å². The standard InChI is InChI=1S/C19H18ClNO/c1-19(2)12-14-9-6-10-15(20)18(14)16(21-19)11-17(22)13-7-4-3-5-8-13/h3-11,21H,12H2,1-2H3/b16-11-. The molecule has 0 unspecified atom stereocenters. The van der Waals surface area contributed by atoms with Crippen molar-refractivity contribution in [2.24, 2.45) is 0 Å². The lowest BCUT2D eigenvalue weighted by atomic mass is 9.85. The van der Waals surface area contributed by atoms with Gasteiger partial charge in [-0.1, -0.05) is 54.1 Å². The first-order valence-electron chi connectivity index (χ1n) is 7.33. The van der Waals surface area contributed by atoms with E-state index >= 15 is 0 Å². The van der Waals surface area contributed by atoms with E-state index in [4.69, 9.17) is 11.6 Å². The molecular weight excluding hydrogens is 294 g/mol. The van der Waals surface area contributed by atoms with Crippen molar-refractivity contribution in [1.29, 1.82) is 0 Å². The van der Waals surface area contributed by atoms with Gasteiger partial charge in [0.2, 0.25) is 0 Å². The number of halogens is 1. The molecule has 2 nitrogen and oxygen atoms in total. The quantitative estimate of drug-likeness (QED) is 0.654. The van der Waals surface area contributed by atoms with Crippen LogP contribution < -0.4 is 5.32 Å². The van der Waals surface area contributed by atoms with Gasteiger partial charge >= 0.3 is 0 Å². The lowest BCUT2D eigenvalue weighted by Crippen LogP contribution is -2.44. The molecule has 0 spiro atoms. The molecule has 112 valence electrons. The van der Waals surface area contributed by atoms with Crippen LogP contribution in [0.15, 0.2) is 54.6 Å². The molecular formula is C19H18ClNO. The minimum atomic E-state index is -0.111. The van der Waals surface area contributed by atoms with Crippen LogP contribution in [-0.4, -0.2) is 11.3 Å². The van der Waals surface area contributed by atoms with Crippen molar-refractivity contribution in [1.82, 2.24) is 5.32 Å². The van der Waals surface area contributed by atoms with Gasteiger partial charge in [0, 0.05) is 28.4 Å². The molecule has 0 bridgehead atoms.